The summed E-state index contributed by atoms with van der Waals surface area (Å²) in [5.41, 5.74) is 2.92. The van der Waals surface area contributed by atoms with Gasteiger partial charge in [-0.2, -0.15) is 0 Å². The van der Waals surface area contributed by atoms with Crippen LogP contribution in [0.15, 0.2) is 50.9 Å². The number of carbonyl (C=O) groups excluding carboxylic acids is 1. The number of anilines is 1. The zero-order valence-corrected chi connectivity index (χ0v) is 16.3. The van der Waals surface area contributed by atoms with Crippen LogP contribution in [0.1, 0.15) is 28.4 Å². The lowest BCUT2D eigenvalue weighted by molar-refractivity contribution is 0.101. The van der Waals surface area contributed by atoms with E-state index in [-0.39, 0.29) is 10.7 Å². The van der Waals surface area contributed by atoms with Gasteiger partial charge in [0.2, 0.25) is 0 Å². The Hall–Kier alpha value is -1.67. The van der Waals surface area contributed by atoms with Crippen LogP contribution < -0.4 is 4.31 Å². The monoisotopic (exact) mass is 453 g/mol. The molecule has 4 nitrogen and oxygen atoms in total. The number of sulfonamides is 1. The number of hydrogen-bond acceptors (Lipinski definition) is 3. The van der Waals surface area contributed by atoms with Crippen LogP contribution in [-0.4, -0.2) is 20.7 Å². The Labute approximate surface area is 155 Å². The number of hydrogen-bond donors (Lipinski definition) is 0. The molecule has 0 saturated carbocycles. The molecule has 0 atom stereocenters. The van der Waals surface area contributed by atoms with E-state index in [4.69, 9.17) is 0 Å². The number of carbonyl (C=O) groups is 1. The normalized spacial score (nSPS) is 14.1. The van der Waals surface area contributed by atoms with Crippen molar-refractivity contribution in [3.8, 4) is 0 Å². The molecule has 6 heteroatoms. The molecule has 2 aromatic rings. The number of halogens is 1. The van der Waals surface area contributed by atoms with Gasteiger partial charge in [0.25, 0.3) is 10.0 Å². The molecule has 0 unspecified atom stereocenters. The van der Waals surface area contributed by atoms with E-state index in [1.165, 1.54) is 11.2 Å². The fourth-order valence-corrected chi connectivity index (χ4v) is 4.98. The summed E-state index contributed by atoms with van der Waals surface area (Å²) in [5, 5.41) is 0. The van der Waals surface area contributed by atoms with Crippen LogP contribution in [0.4, 0.5) is 5.69 Å². The highest BCUT2D eigenvalue weighted by Gasteiger charge is 2.29. The second kappa shape index (κ2) is 6.33. The average molecular weight is 453 g/mol. The first-order chi connectivity index (χ1) is 11.3. The van der Waals surface area contributed by atoms with Crippen molar-refractivity contribution in [3.63, 3.8) is 0 Å². The van der Waals surface area contributed by atoms with Gasteiger partial charge >= 0.3 is 0 Å². The molecule has 1 aliphatic rings. The Balaban J connectivity index is 2.12. The summed E-state index contributed by atoms with van der Waals surface area (Å²) in [6.45, 7) is 3.71. The van der Waals surface area contributed by atoms with Gasteiger partial charge < -0.3 is 0 Å². The summed E-state index contributed by atoms with van der Waals surface area (Å²) < 4.78 is 28.4. The van der Waals surface area contributed by atoms with Crippen molar-refractivity contribution in [2.24, 2.45) is 0 Å². The lowest BCUT2D eigenvalue weighted by atomic mass is 10.0. The predicted molar refractivity (Wildman–Crippen MR) is 104 cm³/mol. The van der Waals surface area contributed by atoms with Gasteiger partial charge in [-0.25, -0.2) is 8.42 Å². The summed E-state index contributed by atoms with van der Waals surface area (Å²) in [6.07, 6.45) is 1.92. The molecule has 0 amide bonds. The highest BCUT2D eigenvalue weighted by molar-refractivity contribution is 14.1. The number of ketones is 1. The number of rotatable bonds is 3. The summed E-state index contributed by atoms with van der Waals surface area (Å²) in [4.78, 5) is 11.9. The smallest absolute Gasteiger partial charge is 0.264 e. The Bertz CT molecular complexity index is 947. The van der Waals surface area contributed by atoms with Crippen molar-refractivity contribution in [2.75, 3.05) is 10.8 Å². The van der Waals surface area contributed by atoms with Gasteiger partial charge in [-0.3, -0.25) is 9.10 Å². The molecule has 0 bridgehead atoms. The van der Waals surface area contributed by atoms with Crippen molar-refractivity contribution in [3.05, 3.63) is 62.7 Å². The van der Waals surface area contributed by atoms with Gasteiger partial charge in [-0.15, -0.1) is 0 Å². The first-order valence-corrected chi connectivity index (χ1v) is 9.91. The number of fused-ring (bicyclic) bond motifs is 1. The molecule has 24 heavy (non-hydrogen) atoms. The summed E-state index contributed by atoms with van der Waals surface area (Å²) in [6, 6.07) is 11.9. The standard InChI is InChI=1S/C18H16INO3S/c1-12-3-6-17(7-4-12)24(22,23)20-11-16(19)10-15-9-14(13(2)21)5-8-18(15)20/h3-10H,11H2,1-2H3. The van der Waals surface area contributed by atoms with Gasteiger partial charge in [0.1, 0.15) is 0 Å². The molecule has 1 heterocycles. The Morgan fingerprint density at radius 2 is 1.79 bits per heavy atom. The number of benzene rings is 2. The minimum absolute atomic E-state index is 0.0419. The van der Waals surface area contributed by atoms with E-state index in [0.29, 0.717) is 17.8 Å². The fraction of sp³-hybridized carbons (Fsp3) is 0.167. The molecule has 0 radical (unpaired) electrons. The maximum atomic E-state index is 13.1. The molecule has 3 rings (SSSR count). The van der Waals surface area contributed by atoms with Gasteiger partial charge in [-0.1, -0.05) is 17.7 Å². The number of aryl methyl sites for hydroxylation is 1. The van der Waals surface area contributed by atoms with E-state index < -0.39 is 10.0 Å². The van der Waals surface area contributed by atoms with Crippen LogP contribution in [0, 0.1) is 6.92 Å². The molecule has 0 saturated heterocycles. The SMILES string of the molecule is CC(=O)c1ccc2c(c1)C=C(I)CN2S(=O)(=O)c1ccc(C)cc1. The van der Waals surface area contributed by atoms with Crippen molar-refractivity contribution >= 4 is 50.2 Å². The largest absolute Gasteiger partial charge is 0.295 e. The summed E-state index contributed by atoms with van der Waals surface area (Å²) >= 11 is 2.13. The van der Waals surface area contributed by atoms with Crippen LogP contribution in [0.3, 0.4) is 0 Å². The summed E-state index contributed by atoms with van der Waals surface area (Å²) in [5.74, 6) is -0.0419. The third kappa shape index (κ3) is 3.12. The second-order valence-electron chi connectivity index (χ2n) is 5.75. The molecular formula is C18H16INO3S. The highest BCUT2D eigenvalue weighted by atomic mass is 127. The molecule has 1 aliphatic heterocycles. The fourth-order valence-electron chi connectivity index (χ4n) is 2.60. The Morgan fingerprint density at radius 3 is 2.42 bits per heavy atom. The maximum Gasteiger partial charge on any atom is 0.264 e. The topological polar surface area (TPSA) is 54.5 Å². The lowest BCUT2D eigenvalue weighted by Gasteiger charge is -2.29. The molecule has 124 valence electrons. The molecule has 0 aliphatic carbocycles. The van der Waals surface area contributed by atoms with Crippen LogP contribution in [-0.2, 0) is 10.0 Å². The van der Waals surface area contributed by atoms with Crippen molar-refractivity contribution in [1.29, 1.82) is 0 Å². The van der Waals surface area contributed by atoms with Crippen LogP contribution >= 0.6 is 22.6 Å². The van der Waals surface area contributed by atoms with E-state index in [1.807, 2.05) is 13.0 Å². The molecule has 2 aromatic carbocycles. The number of Topliss-reactive ketones (excluding diaryl/α,β-unsaturated/α-hetero) is 1. The molecule has 0 spiro atoms. The van der Waals surface area contributed by atoms with E-state index in [0.717, 1.165) is 14.7 Å². The first kappa shape index (κ1) is 17.2. The van der Waals surface area contributed by atoms with Crippen LogP contribution in [0.2, 0.25) is 0 Å². The first-order valence-electron chi connectivity index (χ1n) is 7.39. The van der Waals surface area contributed by atoms with Crippen LogP contribution in [0.25, 0.3) is 6.08 Å². The Kier molecular flexibility index (Phi) is 4.52. The summed E-state index contributed by atoms with van der Waals surface area (Å²) in [7, 11) is -3.66. The van der Waals surface area contributed by atoms with E-state index in [2.05, 4.69) is 22.6 Å². The highest BCUT2D eigenvalue weighted by Crippen LogP contribution is 2.35. The minimum Gasteiger partial charge on any atom is -0.295 e. The predicted octanol–water partition coefficient (Wildman–Crippen LogP) is 4.18. The van der Waals surface area contributed by atoms with Gasteiger partial charge in [0, 0.05) is 14.7 Å². The van der Waals surface area contributed by atoms with E-state index >= 15 is 0 Å². The van der Waals surface area contributed by atoms with Gasteiger partial charge in [0.05, 0.1) is 17.1 Å². The molecule has 0 aromatic heterocycles. The minimum atomic E-state index is -3.66. The Morgan fingerprint density at radius 1 is 1.12 bits per heavy atom. The maximum absolute atomic E-state index is 13.1. The third-order valence-corrected chi connectivity index (χ3v) is 6.34. The third-order valence-electron chi connectivity index (χ3n) is 3.92. The van der Waals surface area contributed by atoms with E-state index in [9.17, 15) is 13.2 Å². The molecule has 0 fully saturated rings. The van der Waals surface area contributed by atoms with Crippen LogP contribution in [0.5, 0.6) is 0 Å². The number of nitrogens with zero attached hydrogens (tertiary/aromatic N) is 1. The quantitative estimate of drug-likeness (QED) is 0.518. The molecule has 0 N–H and O–H groups in total. The average Bonchev–Trinajstić information content (AvgIpc) is 2.53. The second-order valence-corrected chi connectivity index (χ2v) is 8.99. The van der Waals surface area contributed by atoms with Crippen molar-refractivity contribution in [2.45, 2.75) is 18.7 Å². The lowest BCUT2D eigenvalue weighted by Crippen LogP contribution is -2.34. The van der Waals surface area contributed by atoms with Crippen molar-refractivity contribution in [1.82, 2.24) is 0 Å². The van der Waals surface area contributed by atoms with Gasteiger partial charge in [0.15, 0.2) is 5.78 Å². The zero-order chi connectivity index (χ0) is 17.5. The van der Waals surface area contributed by atoms with Gasteiger partial charge in [-0.05, 0) is 72.8 Å². The van der Waals surface area contributed by atoms with Crippen molar-refractivity contribution < 1.29 is 13.2 Å². The zero-order valence-electron chi connectivity index (χ0n) is 13.3. The molecular weight excluding hydrogens is 437 g/mol. The van der Waals surface area contributed by atoms with E-state index in [1.54, 1.807) is 42.5 Å².